The predicted octanol–water partition coefficient (Wildman–Crippen LogP) is 3.15. The van der Waals surface area contributed by atoms with E-state index in [4.69, 9.17) is 5.11 Å². The van der Waals surface area contributed by atoms with Crippen LogP contribution >= 0.6 is 39.0 Å². The second-order valence-corrected chi connectivity index (χ2v) is 5.61. The number of nitrogens with zero attached hydrogens (tertiary/aromatic N) is 2. The molecule has 2 aromatic rings. The van der Waals surface area contributed by atoms with Gasteiger partial charge in [0.15, 0.2) is 4.34 Å². The van der Waals surface area contributed by atoms with Crippen LogP contribution in [0.5, 0.6) is 0 Å². The standard InChI is InChI=1S/C9H5BrN2O2S2/c10-6-4-15-9(12-6)16-7-5(8(13)14)2-1-3-11-7/h1-4H,(H,13,14). The van der Waals surface area contributed by atoms with E-state index in [1.54, 1.807) is 12.3 Å². The lowest BCUT2D eigenvalue weighted by Gasteiger charge is -2.00. The first-order valence-electron chi connectivity index (χ1n) is 4.14. The highest BCUT2D eigenvalue weighted by molar-refractivity contribution is 9.10. The van der Waals surface area contributed by atoms with Gasteiger partial charge in [0.2, 0.25) is 0 Å². The van der Waals surface area contributed by atoms with Gasteiger partial charge in [-0.1, -0.05) is 0 Å². The van der Waals surface area contributed by atoms with Gasteiger partial charge >= 0.3 is 5.97 Å². The summed E-state index contributed by atoms with van der Waals surface area (Å²) in [5.41, 5.74) is 0.193. The van der Waals surface area contributed by atoms with Crippen molar-refractivity contribution in [1.29, 1.82) is 0 Å². The number of carbonyl (C=O) groups is 1. The molecule has 4 nitrogen and oxygen atoms in total. The Balaban J connectivity index is 2.31. The molecule has 0 atom stereocenters. The molecule has 0 bridgehead atoms. The molecule has 82 valence electrons. The van der Waals surface area contributed by atoms with Crippen LogP contribution in [0, 0.1) is 0 Å². The largest absolute Gasteiger partial charge is 0.478 e. The molecule has 16 heavy (non-hydrogen) atoms. The first kappa shape index (κ1) is 11.6. The second-order valence-electron chi connectivity index (χ2n) is 2.70. The summed E-state index contributed by atoms with van der Waals surface area (Å²) in [6.07, 6.45) is 1.57. The Morgan fingerprint density at radius 1 is 1.56 bits per heavy atom. The van der Waals surface area contributed by atoms with E-state index in [1.807, 2.05) is 5.38 Å². The van der Waals surface area contributed by atoms with Crippen molar-refractivity contribution in [1.82, 2.24) is 9.97 Å². The van der Waals surface area contributed by atoms with Crippen LogP contribution in [0.4, 0.5) is 0 Å². The van der Waals surface area contributed by atoms with Crippen LogP contribution in [-0.4, -0.2) is 21.0 Å². The quantitative estimate of drug-likeness (QED) is 0.942. The van der Waals surface area contributed by atoms with Crippen molar-refractivity contribution in [3.63, 3.8) is 0 Å². The monoisotopic (exact) mass is 316 g/mol. The Morgan fingerprint density at radius 3 is 3.00 bits per heavy atom. The zero-order chi connectivity index (χ0) is 11.5. The molecule has 0 saturated carbocycles. The topological polar surface area (TPSA) is 63.1 Å². The Kier molecular flexibility index (Phi) is 3.57. The van der Waals surface area contributed by atoms with Gasteiger partial charge in [-0.2, -0.15) is 0 Å². The van der Waals surface area contributed by atoms with Gasteiger partial charge in [0.1, 0.15) is 9.63 Å². The maximum absolute atomic E-state index is 10.9. The number of halogens is 1. The van der Waals surface area contributed by atoms with Crippen molar-refractivity contribution in [2.24, 2.45) is 0 Å². The number of pyridine rings is 1. The minimum atomic E-state index is -0.980. The molecule has 0 aliphatic rings. The molecular weight excluding hydrogens is 312 g/mol. The first-order valence-corrected chi connectivity index (χ1v) is 6.63. The highest BCUT2D eigenvalue weighted by atomic mass is 79.9. The normalized spacial score (nSPS) is 10.3. The molecule has 2 heterocycles. The van der Waals surface area contributed by atoms with Gasteiger partial charge in [-0.15, -0.1) is 11.3 Å². The fourth-order valence-corrected chi connectivity index (χ4v) is 3.36. The average molecular weight is 317 g/mol. The van der Waals surface area contributed by atoms with E-state index in [0.717, 1.165) is 8.94 Å². The van der Waals surface area contributed by atoms with Gasteiger partial charge in [-0.25, -0.2) is 14.8 Å². The number of rotatable bonds is 3. The molecule has 7 heteroatoms. The van der Waals surface area contributed by atoms with Crippen LogP contribution < -0.4 is 0 Å². The van der Waals surface area contributed by atoms with E-state index in [9.17, 15) is 4.79 Å². The van der Waals surface area contributed by atoms with Crippen LogP contribution in [0.25, 0.3) is 0 Å². The summed E-state index contributed by atoms with van der Waals surface area (Å²) in [6.45, 7) is 0. The maximum atomic E-state index is 10.9. The SMILES string of the molecule is O=C(O)c1cccnc1Sc1nc(Br)cs1. The van der Waals surface area contributed by atoms with E-state index in [-0.39, 0.29) is 5.56 Å². The molecule has 2 rings (SSSR count). The van der Waals surface area contributed by atoms with Gasteiger partial charge in [-0.05, 0) is 39.8 Å². The van der Waals surface area contributed by atoms with Gasteiger partial charge in [0, 0.05) is 11.6 Å². The minimum absolute atomic E-state index is 0.193. The maximum Gasteiger partial charge on any atom is 0.338 e. The highest BCUT2D eigenvalue weighted by Crippen LogP contribution is 2.32. The molecule has 0 radical (unpaired) electrons. The highest BCUT2D eigenvalue weighted by Gasteiger charge is 2.13. The molecular formula is C9H5BrN2O2S2. The van der Waals surface area contributed by atoms with Crippen LogP contribution in [0.1, 0.15) is 10.4 Å². The van der Waals surface area contributed by atoms with Crippen molar-refractivity contribution in [2.75, 3.05) is 0 Å². The summed E-state index contributed by atoms with van der Waals surface area (Å²) in [7, 11) is 0. The molecule has 0 spiro atoms. The van der Waals surface area contributed by atoms with Crippen LogP contribution in [0.3, 0.4) is 0 Å². The molecule has 1 N–H and O–H groups in total. The number of thiazole rings is 1. The molecule has 0 aliphatic heterocycles. The lowest BCUT2D eigenvalue weighted by molar-refractivity contribution is 0.0692. The lowest BCUT2D eigenvalue weighted by Crippen LogP contribution is -1.99. The van der Waals surface area contributed by atoms with Crippen LogP contribution in [0.15, 0.2) is 37.7 Å². The van der Waals surface area contributed by atoms with E-state index in [1.165, 1.54) is 29.2 Å². The number of hydrogen-bond donors (Lipinski definition) is 1. The van der Waals surface area contributed by atoms with Crippen LogP contribution in [0.2, 0.25) is 0 Å². The van der Waals surface area contributed by atoms with Gasteiger partial charge < -0.3 is 5.11 Å². The van der Waals surface area contributed by atoms with Gasteiger partial charge in [0.25, 0.3) is 0 Å². The van der Waals surface area contributed by atoms with Crippen molar-refractivity contribution >= 4 is 45.0 Å². The fraction of sp³-hybridized carbons (Fsp3) is 0. The number of aromatic nitrogens is 2. The zero-order valence-corrected chi connectivity index (χ0v) is 11.0. The number of carboxylic acids is 1. The van der Waals surface area contributed by atoms with E-state index >= 15 is 0 Å². The third-order valence-electron chi connectivity index (χ3n) is 1.64. The average Bonchev–Trinajstić information content (AvgIpc) is 2.64. The third-order valence-corrected chi connectivity index (χ3v) is 4.31. The molecule has 0 aliphatic carbocycles. The summed E-state index contributed by atoms with van der Waals surface area (Å²) >= 11 is 5.93. The summed E-state index contributed by atoms with van der Waals surface area (Å²) in [6, 6.07) is 3.13. The smallest absolute Gasteiger partial charge is 0.338 e. The van der Waals surface area contributed by atoms with E-state index in [0.29, 0.717) is 5.03 Å². The van der Waals surface area contributed by atoms with Crippen LogP contribution in [-0.2, 0) is 0 Å². The number of hydrogen-bond acceptors (Lipinski definition) is 5. The number of aromatic carboxylic acids is 1. The van der Waals surface area contributed by atoms with Crippen molar-refractivity contribution in [3.05, 3.63) is 33.9 Å². The summed E-state index contributed by atoms with van der Waals surface area (Å²) < 4.78 is 1.50. The summed E-state index contributed by atoms with van der Waals surface area (Å²) in [4.78, 5) is 19.1. The number of carboxylic acid groups (broad SMARTS) is 1. The molecule has 0 fully saturated rings. The molecule has 0 unspecified atom stereocenters. The van der Waals surface area contributed by atoms with Crippen molar-refractivity contribution < 1.29 is 9.90 Å². The summed E-state index contributed by atoms with van der Waals surface area (Å²) in [5.74, 6) is -0.980. The Morgan fingerprint density at radius 2 is 2.38 bits per heavy atom. The lowest BCUT2D eigenvalue weighted by atomic mass is 10.3. The van der Waals surface area contributed by atoms with Crippen molar-refractivity contribution in [3.8, 4) is 0 Å². The van der Waals surface area contributed by atoms with Gasteiger partial charge in [0.05, 0.1) is 5.56 Å². The molecule has 2 aromatic heterocycles. The minimum Gasteiger partial charge on any atom is -0.478 e. The van der Waals surface area contributed by atoms with E-state index in [2.05, 4.69) is 25.9 Å². The van der Waals surface area contributed by atoms with E-state index < -0.39 is 5.97 Å². The molecule has 0 saturated heterocycles. The zero-order valence-electron chi connectivity index (χ0n) is 7.75. The Labute approximate surface area is 108 Å². The molecule has 0 amide bonds. The third kappa shape index (κ3) is 2.60. The molecule has 0 aromatic carbocycles. The first-order chi connectivity index (χ1) is 7.66. The Bertz CT molecular complexity index is 530. The second kappa shape index (κ2) is 4.94. The summed E-state index contributed by atoms with van der Waals surface area (Å²) in [5, 5.41) is 11.3. The fourth-order valence-electron chi connectivity index (χ4n) is 1.00. The predicted molar refractivity (Wildman–Crippen MR) is 65.1 cm³/mol. The van der Waals surface area contributed by atoms with Gasteiger partial charge in [-0.3, -0.25) is 0 Å². The Hall–Kier alpha value is -0.920. The van der Waals surface area contributed by atoms with Crippen molar-refractivity contribution in [2.45, 2.75) is 9.37 Å².